The summed E-state index contributed by atoms with van der Waals surface area (Å²) in [5, 5.41) is 8.83. The molecular weight excluding hydrogens is 509 g/mol. The van der Waals surface area contributed by atoms with Crippen molar-refractivity contribution in [3.8, 4) is 0 Å². The van der Waals surface area contributed by atoms with Crippen molar-refractivity contribution < 1.29 is 4.79 Å². The molecule has 1 aromatic heterocycles. The Kier molecular flexibility index (Phi) is 12.0. The van der Waals surface area contributed by atoms with E-state index >= 15 is 0 Å². The Morgan fingerprint density at radius 3 is 2.50 bits per heavy atom. The summed E-state index contributed by atoms with van der Waals surface area (Å²) >= 11 is 1.76. The minimum absolute atomic E-state index is 0. The van der Waals surface area contributed by atoms with Gasteiger partial charge in [0.2, 0.25) is 0 Å². The molecule has 166 valence electrons. The molecule has 0 radical (unpaired) electrons. The SMILES string of the molecule is CCNC(=NCC(c1cccs1)N(C)C)NCCc1cccc(C(=O)N(C)C)c1.I. The lowest BCUT2D eigenvalue weighted by Gasteiger charge is -2.22. The summed E-state index contributed by atoms with van der Waals surface area (Å²) in [5.41, 5.74) is 1.85. The summed E-state index contributed by atoms with van der Waals surface area (Å²) < 4.78 is 0. The van der Waals surface area contributed by atoms with Crippen LogP contribution in [0.1, 0.15) is 33.8 Å². The van der Waals surface area contributed by atoms with Crippen molar-refractivity contribution in [1.82, 2.24) is 20.4 Å². The minimum atomic E-state index is 0. The van der Waals surface area contributed by atoms with Crippen molar-refractivity contribution in [2.45, 2.75) is 19.4 Å². The number of halogens is 1. The molecule has 1 atom stereocenters. The van der Waals surface area contributed by atoms with Gasteiger partial charge < -0.3 is 20.4 Å². The number of guanidine groups is 1. The van der Waals surface area contributed by atoms with Crippen molar-refractivity contribution in [2.24, 2.45) is 4.99 Å². The van der Waals surface area contributed by atoms with Gasteiger partial charge >= 0.3 is 0 Å². The average Bonchev–Trinajstić information content (AvgIpc) is 3.21. The van der Waals surface area contributed by atoms with Crippen molar-refractivity contribution >= 4 is 47.2 Å². The number of carbonyl (C=O) groups excluding carboxylic acids is 1. The van der Waals surface area contributed by atoms with E-state index in [0.29, 0.717) is 6.54 Å². The molecule has 1 heterocycles. The Balaban J connectivity index is 0.00000450. The van der Waals surface area contributed by atoms with Crippen LogP contribution in [0.25, 0.3) is 0 Å². The maximum Gasteiger partial charge on any atom is 0.253 e. The van der Waals surface area contributed by atoms with Crippen LogP contribution < -0.4 is 10.6 Å². The summed E-state index contributed by atoms with van der Waals surface area (Å²) in [5.74, 6) is 0.842. The maximum absolute atomic E-state index is 12.1. The van der Waals surface area contributed by atoms with Crippen molar-refractivity contribution in [2.75, 3.05) is 47.8 Å². The van der Waals surface area contributed by atoms with Crippen molar-refractivity contribution in [3.05, 3.63) is 57.8 Å². The van der Waals surface area contributed by atoms with Crippen LogP contribution in [0, 0.1) is 0 Å². The summed E-state index contributed by atoms with van der Waals surface area (Å²) in [6, 6.07) is 12.3. The second kappa shape index (κ2) is 13.6. The molecule has 0 bridgehead atoms. The zero-order chi connectivity index (χ0) is 21.2. The molecule has 0 aliphatic rings. The summed E-state index contributed by atoms with van der Waals surface area (Å²) in [4.78, 5) is 22.0. The molecule has 0 aliphatic heterocycles. The van der Waals surface area contributed by atoms with Gasteiger partial charge in [0.05, 0.1) is 12.6 Å². The molecule has 6 nitrogen and oxygen atoms in total. The topological polar surface area (TPSA) is 60.0 Å². The zero-order valence-electron chi connectivity index (χ0n) is 18.5. The van der Waals surface area contributed by atoms with Crippen LogP contribution in [-0.4, -0.2) is 69.5 Å². The highest BCUT2D eigenvalue weighted by atomic mass is 127. The fourth-order valence-electron chi connectivity index (χ4n) is 2.95. The Hall–Kier alpha value is -1.65. The summed E-state index contributed by atoms with van der Waals surface area (Å²) in [7, 11) is 7.71. The van der Waals surface area contributed by atoms with Gasteiger partial charge in [0.15, 0.2) is 5.96 Å². The Morgan fingerprint density at radius 1 is 1.13 bits per heavy atom. The fraction of sp³-hybridized carbons (Fsp3) is 0.455. The number of benzene rings is 1. The van der Waals surface area contributed by atoms with Gasteiger partial charge in [-0.2, -0.15) is 0 Å². The van der Waals surface area contributed by atoms with Gasteiger partial charge in [0.25, 0.3) is 5.91 Å². The van der Waals surface area contributed by atoms with Crippen LogP contribution in [0.3, 0.4) is 0 Å². The van der Waals surface area contributed by atoms with Gasteiger partial charge in [0, 0.05) is 37.6 Å². The number of aliphatic imine (C=N–C) groups is 1. The second-order valence-corrected chi connectivity index (χ2v) is 8.27. The first-order valence-corrected chi connectivity index (χ1v) is 10.8. The molecule has 1 amide bonds. The molecule has 30 heavy (non-hydrogen) atoms. The first-order chi connectivity index (χ1) is 13.9. The first-order valence-electron chi connectivity index (χ1n) is 9.95. The molecule has 0 spiro atoms. The van der Waals surface area contributed by atoms with Gasteiger partial charge in [-0.05, 0) is 56.6 Å². The quantitative estimate of drug-likeness (QED) is 0.289. The number of hydrogen-bond donors (Lipinski definition) is 2. The van der Waals surface area contributed by atoms with Crippen molar-refractivity contribution in [3.63, 3.8) is 0 Å². The molecule has 1 aromatic carbocycles. The van der Waals surface area contributed by atoms with Gasteiger partial charge in [0.1, 0.15) is 0 Å². The van der Waals surface area contributed by atoms with Crippen LogP contribution in [-0.2, 0) is 6.42 Å². The monoisotopic (exact) mass is 543 g/mol. The van der Waals surface area contributed by atoms with E-state index in [4.69, 9.17) is 4.99 Å². The maximum atomic E-state index is 12.1. The van der Waals surface area contributed by atoms with Gasteiger partial charge in [-0.1, -0.05) is 18.2 Å². The van der Waals surface area contributed by atoms with E-state index in [1.807, 2.05) is 18.2 Å². The number of nitrogens with zero attached hydrogens (tertiary/aromatic N) is 3. The molecule has 2 aromatic rings. The van der Waals surface area contributed by atoms with E-state index in [9.17, 15) is 4.79 Å². The third-order valence-electron chi connectivity index (χ3n) is 4.55. The van der Waals surface area contributed by atoms with Crippen molar-refractivity contribution in [1.29, 1.82) is 0 Å². The minimum Gasteiger partial charge on any atom is -0.357 e. The van der Waals surface area contributed by atoms with E-state index in [-0.39, 0.29) is 35.9 Å². The molecule has 2 rings (SSSR count). The highest BCUT2D eigenvalue weighted by molar-refractivity contribution is 14.0. The normalized spacial score (nSPS) is 12.3. The van der Waals surface area contributed by atoms with E-state index < -0.39 is 0 Å². The lowest BCUT2D eigenvalue weighted by Crippen LogP contribution is -2.39. The van der Waals surface area contributed by atoms with E-state index in [1.165, 1.54) is 4.88 Å². The molecule has 2 N–H and O–H groups in total. The Morgan fingerprint density at radius 2 is 1.90 bits per heavy atom. The van der Waals surface area contributed by atoms with Crippen LogP contribution in [0.15, 0.2) is 46.8 Å². The predicted octanol–water partition coefficient (Wildman–Crippen LogP) is 3.47. The third-order valence-corrected chi connectivity index (χ3v) is 5.52. The lowest BCUT2D eigenvalue weighted by atomic mass is 10.1. The van der Waals surface area contributed by atoms with Crippen LogP contribution in [0.5, 0.6) is 0 Å². The molecule has 1 unspecified atom stereocenters. The number of rotatable bonds is 9. The van der Waals surface area contributed by atoms with Gasteiger partial charge in [-0.3, -0.25) is 9.79 Å². The highest BCUT2D eigenvalue weighted by Crippen LogP contribution is 2.23. The van der Waals surface area contributed by atoms with Gasteiger partial charge in [-0.25, -0.2) is 0 Å². The lowest BCUT2D eigenvalue weighted by molar-refractivity contribution is 0.0827. The fourth-order valence-corrected chi connectivity index (χ4v) is 3.87. The number of amides is 1. The standard InChI is InChI=1S/C22H33N5OS.HI/c1-6-23-22(25-16-19(26(2)3)20-11-8-14-29-20)24-13-12-17-9-7-10-18(15-17)21(28)27(4)5;/h7-11,14-15,19H,6,12-13,16H2,1-5H3,(H2,23,24,25);1H. The summed E-state index contributed by atoms with van der Waals surface area (Å²) in [6.45, 7) is 4.31. The predicted molar refractivity (Wildman–Crippen MR) is 138 cm³/mol. The van der Waals surface area contributed by atoms with E-state index in [2.05, 4.69) is 60.1 Å². The Bertz CT molecular complexity index is 793. The smallest absolute Gasteiger partial charge is 0.253 e. The molecule has 8 heteroatoms. The number of carbonyl (C=O) groups is 1. The van der Waals surface area contributed by atoms with E-state index in [0.717, 1.165) is 36.6 Å². The number of nitrogens with one attached hydrogen (secondary N) is 2. The highest BCUT2D eigenvalue weighted by Gasteiger charge is 2.15. The van der Waals surface area contributed by atoms with Crippen LogP contribution in [0.2, 0.25) is 0 Å². The molecule has 0 saturated carbocycles. The largest absolute Gasteiger partial charge is 0.357 e. The Labute approximate surface area is 201 Å². The van der Waals surface area contributed by atoms with E-state index in [1.54, 1.807) is 30.3 Å². The number of hydrogen-bond acceptors (Lipinski definition) is 4. The zero-order valence-corrected chi connectivity index (χ0v) is 21.7. The van der Waals surface area contributed by atoms with Crippen LogP contribution in [0.4, 0.5) is 0 Å². The second-order valence-electron chi connectivity index (χ2n) is 7.29. The molecule has 0 aliphatic carbocycles. The average molecular weight is 544 g/mol. The molecule has 0 fully saturated rings. The summed E-state index contributed by atoms with van der Waals surface area (Å²) in [6.07, 6.45) is 0.820. The number of likely N-dealkylation sites (N-methyl/N-ethyl adjacent to an activating group) is 1. The first kappa shape index (κ1) is 26.4. The number of thiophene rings is 1. The molecule has 0 saturated heterocycles. The van der Waals surface area contributed by atoms with Crippen LogP contribution >= 0.6 is 35.3 Å². The van der Waals surface area contributed by atoms with Gasteiger partial charge in [-0.15, -0.1) is 35.3 Å². The molecular formula is C22H34IN5OS. The third kappa shape index (κ3) is 8.23.